The molecule has 1 aromatic carbocycles. The topological polar surface area (TPSA) is 84.2 Å². The molecule has 7 heteroatoms. The number of likely N-dealkylation sites (tertiary alicyclic amines) is 1. The fraction of sp³-hybridized carbons (Fsp3) is 0.417. The van der Waals surface area contributed by atoms with Crippen LogP contribution in [0, 0.1) is 0 Å². The maximum absolute atomic E-state index is 12.5. The van der Waals surface area contributed by atoms with Gasteiger partial charge in [0.1, 0.15) is 5.69 Å². The summed E-state index contributed by atoms with van der Waals surface area (Å²) < 4.78 is 5.49. The van der Waals surface area contributed by atoms with Crippen molar-refractivity contribution in [2.75, 3.05) is 19.6 Å². The number of hydrogen-bond donors (Lipinski definition) is 1. The lowest BCUT2D eigenvalue weighted by Gasteiger charge is -2.30. The lowest BCUT2D eigenvalue weighted by molar-refractivity contribution is -0.123. The highest BCUT2D eigenvalue weighted by molar-refractivity contribution is 5.78. The number of pyridine rings is 1. The van der Waals surface area contributed by atoms with E-state index in [1.54, 1.807) is 6.20 Å². The number of nitrogens with zero attached hydrogens (tertiary/aromatic N) is 4. The molecule has 0 aliphatic carbocycles. The lowest BCUT2D eigenvalue weighted by Crippen LogP contribution is -2.41. The fourth-order valence-corrected chi connectivity index (χ4v) is 3.95. The van der Waals surface area contributed by atoms with Crippen molar-refractivity contribution in [3.8, 4) is 11.5 Å². The van der Waals surface area contributed by atoms with Gasteiger partial charge in [-0.15, -0.1) is 0 Å². The standard InChI is InChI=1S/C24H29N5O2/c1-3-18-7-9-19(10-8-18)17(2)26-22(30)16-29-14-11-20(12-15-29)24-27-23(28-31-24)21-6-4-5-13-25-21/h4-10,13,17,20H,3,11-12,14-16H2,1-2H3,(H,26,30). The molecule has 1 unspecified atom stereocenters. The van der Waals surface area contributed by atoms with Gasteiger partial charge >= 0.3 is 0 Å². The Balaban J connectivity index is 1.25. The molecule has 1 aliphatic rings. The molecule has 1 saturated heterocycles. The molecule has 4 rings (SSSR count). The third-order valence-electron chi connectivity index (χ3n) is 5.91. The van der Waals surface area contributed by atoms with Gasteiger partial charge in [0.2, 0.25) is 17.6 Å². The summed E-state index contributed by atoms with van der Waals surface area (Å²) in [7, 11) is 0. The van der Waals surface area contributed by atoms with Gasteiger partial charge < -0.3 is 9.84 Å². The average molecular weight is 420 g/mol. The van der Waals surface area contributed by atoms with Crippen LogP contribution in [-0.2, 0) is 11.2 Å². The van der Waals surface area contributed by atoms with Crippen LogP contribution in [0.1, 0.15) is 55.7 Å². The highest BCUT2D eigenvalue weighted by atomic mass is 16.5. The van der Waals surface area contributed by atoms with Crippen LogP contribution >= 0.6 is 0 Å². The highest BCUT2D eigenvalue weighted by Gasteiger charge is 2.26. The molecule has 1 N–H and O–H groups in total. The Morgan fingerprint density at radius 1 is 1.19 bits per heavy atom. The molecular weight excluding hydrogens is 390 g/mol. The Morgan fingerprint density at radius 2 is 1.97 bits per heavy atom. The molecular formula is C24H29N5O2. The van der Waals surface area contributed by atoms with Crippen molar-refractivity contribution in [2.45, 2.75) is 45.1 Å². The van der Waals surface area contributed by atoms with Crippen molar-refractivity contribution >= 4 is 5.91 Å². The maximum atomic E-state index is 12.5. The number of nitrogens with one attached hydrogen (secondary N) is 1. The number of aryl methyl sites for hydroxylation is 1. The van der Waals surface area contributed by atoms with Gasteiger partial charge in [-0.2, -0.15) is 4.98 Å². The number of piperidine rings is 1. The second kappa shape index (κ2) is 9.83. The molecule has 0 saturated carbocycles. The van der Waals surface area contributed by atoms with Gasteiger partial charge in [0.15, 0.2) is 0 Å². The predicted molar refractivity (Wildman–Crippen MR) is 118 cm³/mol. The minimum atomic E-state index is -0.000597. The molecule has 0 bridgehead atoms. The van der Waals surface area contributed by atoms with Crippen LogP contribution in [-0.4, -0.2) is 45.6 Å². The van der Waals surface area contributed by atoms with Crippen molar-refractivity contribution in [1.82, 2.24) is 25.3 Å². The van der Waals surface area contributed by atoms with Gasteiger partial charge in [0.05, 0.1) is 12.6 Å². The zero-order chi connectivity index (χ0) is 21.6. The summed E-state index contributed by atoms with van der Waals surface area (Å²) in [6, 6.07) is 14.1. The van der Waals surface area contributed by atoms with Gasteiger partial charge in [-0.25, -0.2) is 0 Å². The number of aromatic nitrogens is 3. The molecule has 7 nitrogen and oxygen atoms in total. The molecule has 3 heterocycles. The summed E-state index contributed by atoms with van der Waals surface area (Å²) in [5.74, 6) is 1.47. The number of rotatable bonds is 7. The van der Waals surface area contributed by atoms with Crippen LogP contribution in [0.3, 0.4) is 0 Å². The summed E-state index contributed by atoms with van der Waals surface area (Å²) in [5.41, 5.74) is 3.15. The Kier molecular flexibility index (Phi) is 6.72. The van der Waals surface area contributed by atoms with Crippen LogP contribution in [0.4, 0.5) is 0 Å². The van der Waals surface area contributed by atoms with E-state index in [9.17, 15) is 4.79 Å². The molecule has 1 amide bonds. The molecule has 2 aromatic heterocycles. The van der Waals surface area contributed by atoms with Crippen LogP contribution < -0.4 is 5.32 Å². The van der Waals surface area contributed by atoms with Crippen LogP contribution in [0.5, 0.6) is 0 Å². The van der Waals surface area contributed by atoms with Gasteiger partial charge in [0.25, 0.3) is 0 Å². The van der Waals surface area contributed by atoms with Crippen molar-refractivity contribution in [3.05, 3.63) is 65.7 Å². The van der Waals surface area contributed by atoms with E-state index in [0.29, 0.717) is 24.0 Å². The number of carbonyl (C=O) groups excluding carboxylic acids is 1. The molecule has 162 valence electrons. The van der Waals surface area contributed by atoms with E-state index in [0.717, 1.165) is 37.9 Å². The van der Waals surface area contributed by atoms with Gasteiger partial charge in [-0.3, -0.25) is 14.7 Å². The number of hydrogen-bond acceptors (Lipinski definition) is 6. The van der Waals surface area contributed by atoms with Crippen molar-refractivity contribution in [3.63, 3.8) is 0 Å². The van der Waals surface area contributed by atoms with Crippen molar-refractivity contribution < 1.29 is 9.32 Å². The summed E-state index contributed by atoms with van der Waals surface area (Å²) >= 11 is 0. The first-order chi connectivity index (χ1) is 15.1. The molecule has 1 aliphatic heterocycles. The minimum absolute atomic E-state index is 0.000597. The average Bonchev–Trinajstić information content (AvgIpc) is 3.30. The van der Waals surface area contributed by atoms with Gasteiger partial charge in [-0.1, -0.05) is 42.4 Å². The number of amides is 1. The van der Waals surface area contributed by atoms with E-state index >= 15 is 0 Å². The number of carbonyl (C=O) groups is 1. The van der Waals surface area contributed by atoms with E-state index in [4.69, 9.17) is 4.52 Å². The molecule has 0 spiro atoms. The van der Waals surface area contributed by atoms with E-state index in [-0.39, 0.29) is 17.9 Å². The van der Waals surface area contributed by atoms with Crippen LogP contribution in [0.2, 0.25) is 0 Å². The van der Waals surface area contributed by atoms with E-state index in [1.807, 2.05) is 25.1 Å². The molecule has 0 radical (unpaired) electrons. The third-order valence-corrected chi connectivity index (χ3v) is 5.91. The first-order valence-corrected chi connectivity index (χ1v) is 11.0. The Hall–Kier alpha value is -3.06. The Morgan fingerprint density at radius 3 is 2.65 bits per heavy atom. The zero-order valence-electron chi connectivity index (χ0n) is 18.1. The van der Waals surface area contributed by atoms with Crippen LogP contribution in [0.25, 0.3) is 11.5 Å². The summed E-state index contributed by atoms with van der Waals surface area (Å²) in [6.07, 6.45) is 4.53. The SMILES string of the molecule is CCc1ccc(C(C)NC(=O)CN2CCC(c3nc(-c4ccccn4)no3)CC2)cc1. The fourth-order valence-electron chi connectivity index (χ4n) is 3.95. The zero-order valence-corrected chi connectivity index (χ0v) is 18.1. The number of benzene rings is 1. The summed E-state index contributed by atoms with van der Waals surface area (Å²) in [4.78, 5) is 23.5. The van der Waals surface area contributed by atoms with E-state index in [2.05, 4.69) is 56.5 Å². The highest BCUT2D eigenvalue weighted by Crippen LogP contribution is 2.28. The van der Waals surface area contributed by atoms with Crippen LogP contribution in [0.15, 0.2) is 53.2 Å². The van der Waals surface area contributed by atoms with E-state index in [1.165, 1.54) is 5.56 Å². The van der Waals surface area contributed by atoms with Gasteiger partial charge in [0, 0.05) is 12.1 Å². The second-order valence-electron chi connectivity index (χ2n) is 8.11. The minimum Gasteiger partial charge on any atom is -0.348 e. The normalized spacial score (nSPS) is 16.2. The Labute approximate surface area is 182 Å². The van der Waals surface area contributed by atoms with Crippen molar-refractivity contribution in [2.24, 2.45) is 0 Å². The third kappa shape index (κ3) is 5.35. The smallest absolute Gasteiger partial charge is 0.234 e. The first kappa shape index (κ1) is 21.2. The first-order valence-electron chi connectivity index (χ1n) is 11.0. The summed E-state index contributed by atoms with van der Waals surface area (Å²) in [5, 5.41) is 7.19. The quantitative estimate of drug-likeness (QED) is 0.628. The lowest BCUT2D eigenvalue weighted by atomic mass is 9.97. The molecule has 1 fully saturated rings. The van der Waals surface area contributed by atoms with Crippen molar-refractivity contribution in [1.29, 1.82) is 0 Å². The van der Waals surface area contributed by atoms with E-state index < -0.39 is 0 Å². The molecule has 3 aromatic rings. The maximum Gasteiger partial charge on any atom is 0.234 e. The van der Waals surface area contributed by atoms with Gasteiger partial charge in [-0.05, 0) is 62.5 Å². The molecule has 31 heavy (non-hydrogen) atoms. The Bertz CT molecular complexity index is 979. The molecule has 1 atom stereocenters. The summed E-state index contributed by atoms with van der Waals surface area (Å²) in [6.45, 7) is 6.24. The predicted octanol–water partition coefficient (Wildman–Crippen LogP) is 3.75. The monoisotopic (exact) mass is 419 g/mol. The largest absolute Gasteiger partial charge is 0.348 e. The second-order valence-corrected chi connectivity index (χ2v) is 8.11.